The first-order valence-corrected chi connectivity index (χ1v) is 5.04. The van der Waals surface area contributed by atoms with E-state index >= 15 is 0 Å². The van der Waals surface area contributed by atoms with Gasteiger partial charge < -0.3 is 20.5 Å². The summed E-state index contributed by atoms with van der Waals surface area (Å²) in [6.07, 6.45) is 1.96. The van der Waals surface area contributed by atoms with E-state index in [2.05, 4.69) is 20.3 Å². The van der Waals surface area contributed by atoms with Crippen LogP contribution in [0, 0.1) is 0 Å². The molecule has 0 aromatic carbocycles. The van der Waals surface area contributed by atoms with Crippen molar-refractivity contribution in [2.45, 2.75) is 12.8 Å². The molecule has 0 saturated heterocycles. The Kier molecular flexibility index (Phi) is 5.27. The minimum atomic E-state index is 0.145. The van der Waals surface area contributed by atoms with Crippen molar-refractivity contribution >= 4 is 11.9 Å². The summed E-state index contributed by atoms with van der Waals surface area (Å²) in [7, 11) is 3.17. The summed E-state index contributed by atoms with van der Waals surface area (Å²) >= 11 is 0. The molecule has 0 fully saturated rings. The first-order valence-electron chi connectivity index (χ1n) is 5.04. The fourth-order valence-corrected chi connectivity index (χ4v) is 1.11. The summed E-state index contributed by atoms with van der Waals surface area (Å²) in [6.45, 7) is 1.51. The van der Waals surface area contributed by atoms with Gasteiger partial charge in [0.1, 0.15) is 0 Å². The number of unbranched alkanes of at least 4 members (excludes halogenated alkanes) is 1. The molecule has 0 unspecified atom stereocenters. The normalized spacial score (nSPS) is 10.1. The molecule has 0 saturated carbocycles. The summed E-state index contributed by atoms with van der Waals surface area (Å²) in [6, 6.07) is 0.215. The number of anilines is 2. The van der Waals surface area contributed by atoms with Crippen LogP contribution in [-0.2, 0) is 4.74 Å². The average Bonchev–Trinajstić information content (AvgIpc) is 2.28. The molecule has 1 rings (SSSR count). The Balaban J connectivity index is 2.38. The highest BCUT2D eigenvalue weighted by Gasteiger charge is 2.02. The number of aromatic nitrogens is 3. The predicted molar refractivity (Wildman–Crippen MR) is 60.4 cm³/mol. The minimum absolute atomic E-state index is 0.145. The van der Waals surface area contributed by atoms with Crippen LogP contribution in [0.15, 0.2) is 0 Å². The van der Waals surface area contributed by atoms with E-state index in [9.17, 15) is 0 Å². The van der Waals surface area contributed by atoms with Crippen molar-refractivity contribution in [2.75, 3.05) is 38.4 Å². The fourth-order valence-electron chi connectivity index (χ4n) is 1.11. The molecule has 1 aromatic rings. The van der Waals surface area contributed by atoms with E-state index in [4.69, 9.17) is 15.2 Å². The number of nitrogen functional groups attached to an aromatic ring is 1. The molecule has 0 bridgehead atoms. The number of nitrogens with zero attached hydrogens (tertiary/aromatic N) is 3. The first-order chi connectivity index (χ1) is 7.76. The Morgan fingerprint density at radius 3 is 2.69 bits per heavy atom. The topological polar surface area (TPSA) is 95.2 Å². The molecule has 1 heterocycles. The standard InChI is InChI=1S/C9H17N5O2/c1-15-6-4-3-5-11-8-12-7(10)13-9(14-8)16-2/h3-6H2,1-2H3,(H3,10,11,12,13,14). The van der Waals surface area contributed by atoms with E-state index in [0.717, 1.165) is 26.0 Å². The van der Waals surface area contributed by atoms with Crippen LogP contribution in [0.3, 0.4) is 0 Å². The van der Waals surface area contributed by atoms with Crippen LogP contribution in [-0.4, -0.2) is 42.3 Å². The molecule has 0 atom stereocenters. The molecule has 0 aliphatic heterocycles. The maximum absolute atomic E-state index is 5.48. The van der Waals surface area contributed by atoms with E-state index < -0.39 is 0 Å². The fraction of sp³-hybridized carbons (Fsp3) is 0.667. The van der Waals surface area contributed by atoms with Crippen LogP contribution in [0.5, 0.6) is 6.01 Å². The summed E-state index contributed by atoms with van der Waals surface area (Å²) in [5.41, 5.74) is 5.48. The maximum atomic E-state index is 5.48. The Morgan fingerprint density at radius 2 is 2.00 bits per heavy atom. The highest BCUT2D eigenvalue weighted by atomic mass is 16.5. The number of rotatable bonds is 7. The molecule has 3 N–H and O–H groups in total. The van der Waals surface area contributed by atoms with Gasteiger partial charge in [0.05, 0.1) is 7.11 Å². The summed E-state index contributed by atoms with van der Waals surface area (Å²) in [4.78, 5) is 11.7. The molecule has 7 heteroatoms. The Hall–Kier alpha value is -1.63. The molecule has 0 radical (unpaired) electrons. The number of ether oxygens (including phenoxy) is 2. The van der Waals surface area contributed by atoms with Gasteiger partial charge in [-0.1, -0.05) is 0 Å². The van der Waals surface area contributed by atoms with Gasteiger partial charge in [0, 0.05) is 20.3 Å². The predicted octanol–water partition coefficient (Wildman–Crippen LogP) is 0.301. The quantitative estimate of drug-likeness (QED) is 0.647. The number of hydrogen-bond acceptors (Lipinski definition) is 7. The van der Waals surface area contributed by atoms with E-state index in [1.54, 1.807) is 7.11 Å². The van der Waals surface area contributed by atoms with E-state index in [-0.39, 0.29) is 12.0 Å². The lowest BCUT2D eigenvalue weighted by atomic mass is 10.3. The number of nitrogens with one attached hydrogen (secondary N) is 1. The highest BCUT2D eigenvalue weighted by molar-refractivity contribution is 5.32. The number of nitrogens with two attached hydrogens (primary N) is 1. The third kappa shape index (κ3) is 4.26. The van der Waals surface area contributed by atoms with Gasteiger partial charge in [-0.05, 0) is 12.8 Å². The molecule has 16 heavy (non-hydrogen) atoms. The minimum Gasteiger partial charge on any atom is -0.467 e. The van der Waals surface area contributed by atoms with Crippen molar-refractivity contribution in [3.05, 3.63) is 0 Å². The van der Waals surface area contributed by atoms with Crippen LogP contribution >= 0.6 is 0 Å². The van der Waals surface area contributed by atoms with Crippen molar-refractivity contribution in [3.63, 3.8) is 0 Å². The van der Waals surface area contributed by atoms with Crippen molar-refractivity contribution in [3.8, 4) is 6.01 Å². The zero-order valence-corrected chi connectivity index (χ0v) is 9.56. The van der Waals surface area contributed by atoms with E-state index in [0.29, 0.717) is 5.95 Å². The molecule has 0 spiro atoms. The summed E-state index contributed by atoms with van der Waals surface area (Å²) in [5, 5.41) is 3.04. The van der Waals surface area contributed by atoms with Gasteiger partial charge in [0.2, 0.25) is 11.9 Å². The van der Waals surface area contributed by atoms with E-state index in [1.807, 2.05) is 0 Å². The first kappa shape index (κ1) is 12.4. The van der Waals surface area contributed by atoms with Gasteiger partial charge in [-0.2, -0.15) is 15.0 Å². The lowest BCUT2D eigenvalue weighted by Gasteiger charge is -2.06. The van der Waals surface area contributed by atoms with Crippen molar-refractivity contribution < 1.29 is 9.47 Å². The zero-order valence-electron chi connectivity index (χ0n) is 9.56. The monoisotopic (exact) mass is 227 g/mol. The molecular formula is C9H17N5O2. The number of hydrogen-bond donors (Lipinski definition) is 2. The average molecular weight is 227 g/mol. The molecular weight excluding hydrogens is 210 g/mol. The van der Waals surface area contributed by atoms with Crippen LogP contribution in [0.2, 0.25) is 0 Å². The van der Waals surface area contributed by atoms with Crippen molar-refractivity contribution in [1.82, 2.24) is 15.0 Å². The Bertz CT molecular complexity index is 321. The van der Waals surface area contributed by atoms with Crippen LogP contribution in [0.4, 0.5) is 11.9 Å². The van der Waals surface area contributed by atoms with Crippen molar-refractivity contribution in [2.24, 2.45) is 0 Å². The second-order valence-corrected chi connectivity index (χ2v) is 3.13. The second kappa shape index (κ2) is 6.78. The SMILES string of the molecule is COCCCCNc1nc(N)nc(OC)n1. The zero-order chi connectivity index (χ0) is 11.8. The van der Waals surface area contributed by atoms with Crippen molar-refractivity contribution in [1.29, 1.82) is 0 Å². The van der Waals surface area contributed by atoms with Gasteiger partial charge in [-0.15, -0.1) is 0 Å². The molecule has 0 aliphatic rings. The maximum Gasteiger partial charge on any atom is 0.322 e. The molecule has 1 aromatic heterocycles. The molecule has 0 aliphatic carbocycles. The summed E-state index contributed by atoms with van der Waals surface area (Å²) < 4.78 is 9.82. The lowest BCUT2D eigenvalue weighted by molar-refractivity contribution is 0.193. The smallest absolute Gasteiger partial charge is 0.322 e. The Labute approximate surface area is 94.4 Å². The molecule has 0 amide bonds. The largest absolute Gasteiger partial charge is 0.467 e. The van der Waals surface area contributed by atoms with Gasteiger partial charge >= 0.3 is 6.01 Å². The molecule has 7 nitrogen and oxygen atoms in total. The molecule has 90 valence electrons. The van der Waals surface area contributed by atoms with Gasteiger partial charge in [0.15, 0.2) is 0 Å². The third-order valence-electron chi connectivity index (χ3n) is 1.87. The third-order valence-corrected chi connectivity index (χ3v) is 1.87. The highest BCUT2D eigenvalue weighted by Crippen LogP contribution is 2.07. The van der Waals surface area contributed by atoms with Crippen LogP contribution < -0.4 is 15.8 Å². The summed E-state index contributed by atoms with van der Waals surface area (Å²) in [5.74, 6) is 0.577. The van der Waals surface area contributed by atoms with Gasteiger partial charge in [-0.25, -0.2) is 0 Å². The van der Waals surface area contributed by atoms with Gasteiger partial charge in [-0.3, -0.25) is 0 Å². The van der Waals surface area contributed by atoms with Gasteiger partial charge in [0.25, 0.3) is 0 Å². The number of methoxy groups -OCH3 is 2. The lowest BCUT2D eigenvalue weighted by Crippen LogP contribution is -2.09. The Morgan fingerprint density at radius 1 is 1.19 bits per heavy atom. The second-order valence-electron chi connectivity index (χ2n) is 3.13. The van der Waals surface area contributed by atoms with Crippen LogP contribution in [0.1, 0.15) is 12.8 Å². The van der Waals surface area contributed by atoms with E-state index in [1.165, 1.54) is 7.11 Å². The van der Waals surface area contributed by atoms with Crippen LogP contribution in [0.25, 0.3) is 0 Å².